The zero-order chi connectivity index (χ0) is 14.6. The quantitative estimate of drug-likeness (QED) is 0.924. The van der Waals surface area contributed by atoms with E-state index in [1.807, 2.05) is 6.07 Å². The fraction of sp³-hybridized carbons (Fsp3) is 0.143. The van der Waals surface area contributed by atoms with Gasteiger partial charge in [0.2, 0.25) is 10.0 Å². The van der Waals surface area contributed by atoms with Gasteiger partial charge in [0.15, 0.2) is 0 Å². The lowest BCUT2D eigenvalue weighted by atomic mass is 10.2. The summed E-state index contributed by atoms with van der Waals surface area (Å²) < 4.78 is 31.9. The number of benzene rings is 2. The largest absolute Gasteiger partial charge is 0.497 e. The minimum atomic E-state index is -3.63. The molecule has 2 aromatic carbocycles. The van der Waals surface area contributed by atoms with E-state index >= 15 is 0 Å². The predicted octanol–water partition coefficient (Wildman–Crippen LogP) is 2.83. The highest BCUT2D eigenvalue weighted by Crippen LogP contribution is 2.20. The van der Waals surface area contributed by atoms with E-state index in [4.69, 9.17) is 16.3 Å². The molecule has 0 aromatic heterocycles. The Kier molecular flexibility index (Phi) is 4.65. The summed E-state index contributed by atoms with van der Waals surface area (Å²) in [7, 11) is -2.07. The number of nitrogens with one attached hydrogen (secondary N) is 1. The molecule has 6 heteroatoms. The van der Waals surface area contributed by atoms with Gasteiger partial charge >= 0.3 is 0 Å². The predicted molar refractivity (Wildman–Crippen MR) is 78.5 cm³/mol. The lowest BCUT2D eigenvalue weighted by Crippen LogP contribution is -2.23. The van der Waals surface area contributed by atoms with Gasteiger partial charge in [-0.1, -0.05) is 35.9 Å². The van der Waals surface area contributed by atoms with Crippen LogP contribution < -0.4 is 9.46 Å². The summed E-state index contributed by atoms with van der Waals surface area (Å²) in [6.07, 6.45) is 0. The average Bonchev–Trinajstić information content (AvgIpc) is 2.46. The highest BCUT2D eigenvalue weighted by Gasteiger charge is 2.16. The molecule has 0 spiro atoms. The van der Waals surface area contributed by atoms with Crippen molar-refractivity contribution in [2.45, 2.75) is 11.4 Å². The molecule has 1 N–H and O–H groups in total. The maximum atomic E-state index is 12.2. The third-order valence-corrected chi connectivity index (χ3v) is 4.63. The molecular formula is C14H14ClNO3S. The molecule has 0 fully saturated rings. The third kappa shape index (κ3) is 3.50. The molecular weight excluding hydrogens is 298 g/mol. The topological polar surface area (TPSA) is 55.4 Å². The van der Waals surface area contributed by atoms with Gasteiger partial charge in [-0.25, -0.2) is 13.1 Å². The minimum absolute atomic E-state index is 0.0737. The maximum Gasteiger partial charge on any atom is 0.242 e. The highest BCUT2D eigenvalue weighted by atomic mass is 35.5. The Balaban J connectivity index is 2.15. The van der Waals surface area contributed by atoms with E-state index in [2.05, 4.69) is 4.72 Å². The van der Waals surface area contributed by atoms with Crippen LogP contribution in [0.15, 0.2) is 53.4 Å². The Labute approximate surface area is 123 Å². The molecule has 0 aliphatic carbocycles. The fourth-order valence-electron chi connectivity index (χ4n) is 1.70. The van der Waals surface area contributed by atoms with Crippen molar-refractivity contribution in [3.8, 4) is 5.75 Å². The Morgan fingerprint density at radius 1 is 1.15 bits per heavy atom. The second kappa shape index (κ2) is 6.26. The molecule has 20 heavy (non-hydrogen) atoms. The zero-order valence-corrected chi connectivity index (χ0v) is 12.4. The monoisotopic (exact) mass is 311 g/mol. The van der Waals surface area contributed by atoms with Crippen LogP contribution in [0.5, 0.6) is 5.75 Å². The summed E-state index contributed by atoms with van der Waals surface area (Å²) in [5, 5.41) is 0.200. The Bertz CT molecular complexity index is 701. The SMILES string of the molecule is COc1cccc(CNS(=O)(=O)c2ccccc2Cl)c1. The first-order valence-electron chi connectivity index (χ1n) is 5.90. The lowest BCUT2D eigenvalue weighted by Gasteiger charge is -2.09. The van der Waals surface area contributed by atoms with Crippen molar-refractivity contribution >= 4 is 21.6 Å². The van der Waals surface area contributed by atoms with Crippen molar-refractivity contribution < 1.29 is 13.2 Å². The van der Waals surface area contributed by atoms with Gasteiger partial charge in [-0.15, -0.1) is 0 Å². The maximum absolute atomic E-state index is 12.2. The fourth-order valence-corrected chi connectivity index (χ4v) is 3.24. The van der Waals surface area contributed by atoms with Gasteiger partial charge in [0.1, 0.15) is 10.6 Å². The molecule has 0 bridgehead atoms. The number of hydrogen-bond acceptors (Lipinski definition) is 3. The minimum Gasteiger partial charge on any atom is -0.497 e. The molecule has 0 saturated heterocycles. The molecule has 0 atom stereocenters. The highest BCUT2D eigenvalue weighted by molar-refractivity contribution is 7.89. The normalized spacial score (nSPS) is 11.3. The van der Waals surface area contributed by atoms with E-state index in [1.165, 1.54) is 6.07 Å². The van der Waals surface area contributed by atoms with Gasteiger partial charge in [0.05, 0.1) is 12.1 Å². The molecule has 106 valence electrons. The van der Waals surface area contributed by atoms with Crippen molar-refractivity contribution in [2.75, 3.05) is 7.11 Å². The van der Waals surface area contributed by atoms with Crippen molar-refractivity contribution in [3.63, 3.8) is 0 Å². The summed E-state index contributed by atoms with van der Waals surface area (Å²) in [4.78, 5) is 0.0737. The van der Waals surface area contributed by atoms with Gasteiger partial charge in [-0.05, 0) is 29.8 Å². The summed E-state index contributed by atoms with van der Waals surface area (Å²) in [5.74, 6) is 0.680. The summed E-state index contributed by atoms with van der Waals surface area (Å²) in [6, 6.07) is 13.5. The van der Waals surface area contributed by atoms with Gasteiger partial charge < -0.3 is 4.74 Å². The van der Waals surface area contributed by atoms with Crippen LogP contribution in [0.2, 0.25) is 5.02 Å². The van der Waals surface area contributed by atoms with Gasteiger partial charge in [-0.2, -0.15) is 0 Å². The van der Waals surface area contributed by atoms with Gasteiger partial charge in [0.25, 0.3) is 0 Å². The number of halogens is 1. The second-order valence-electron chi connectivity index (χ2n) is 4.11. The van der Waals surface area contributed by atoms with Crippen LogP contribution in [0, 0.1) is 0 Å². The number of ether oxygens (including phenoxy) is 1. The zero-order valence-electron chi connectivity index (χ0n) is 10.8. The Morgan fingerprint density at radius 3 is 2.60 bits per heavy atom. The van der Waals surface area contributed by atoms with Crippen LogP contribution in [0.25, 0.3) is 0 Å². The molecule has 4 nitrogen and oxygen atoms in total. The van der Waals surface area contributed by atoms with Crippen molar-refractivity contribution in [1.29, 1.82) is 0 Å². The van der Waals surface area contributed by atoms with Gasteiger partial charge in [0, 0.05) is 6.54 Å². The van der Waals surface area contributed by atoms with Gasteiger partial charge in [-0.3, -0.25) is 0 Å². The van der Waals surface area contributed by atoms with E-state index in [0.717, 1.165) is 5.56 Å². The molecule has 0 unspecified atom stereocenters. The summed E-state index contributed by atoms with van der Waals surface area (Å²) >= 11 is 5.90. The van der Waals surface area contributed by atoms with Crippen LogP contribution in [-0.4, -0.2) is 15.5 Å². The Morgan fingerprint density at radius 2 is 1.90 bits per heavy atom. The van der Waals surface area contributed by atoms with E-state index in [-0.39, 0.29) is 16.5 Å². The van der Waals surface area contributed by atoms with Crippen molar-refractivity contribution in [2.24, 2.45) is 0 Å². The summed E-state index contributed by atoms with van der Waals surface area (Å²) in [6.45, 7) is 0.171. The molecule has 0 amide bonds. The third-order valence-electron chi connectivity index (χ3n) is 2.73. The van der Waals surface area contributed by atoms with E-state index in [9.17, 15) is 8.42 Å². The van der Waals surface area contributed by atoms with Crippen LogP contribution >= 0.6 is 11.6 Å². The molecule has 0 heterocycles. The average molecular weight is 312 g/mol. The Hall–Kier alpha value is -1.56. The van der Waals surface area contributed by atoms with Crippen LogP contribution in [0.3, 0.4) is 0 Å². The number of hydrogen-bond donors (Lipinski definition) is 1. The van der Waals surface area contributed by atoms with E-state index < -0.39 is 10.0 Å². The second-order valence-corrected chi connectivity index (χ2v) is 6.25. The first-order chi connectivity index (χ1) is 9.53. The number of sulfonamides is 1. The molecule has 0 radical (unpaired) electrons. The van der Waals surface area contributed by atoms with Crippen LogP contribution in [-0.2, 0) is 16.6 Å². The molecule has 0 saturated carbocycles. The number of rotatable bonds is 5. The molecule has 0 aliphatic rings. The van der Waals surface area contributed by atoms with E-state index in [1.54, 1.807) is 43.5 Å². The molecule has 0 aliphatic heterocycles. The first-order valence-corrected chi connectivity index (χ1v) is 7.76. The van der Waals surface area contributed by atoms with Crippen molar-refractivity contribution in [3.05, 3.63) is 59.1 Å². The lowest BCUT2D eigenvalue weighted by molar-refractivity contribution is 0.414. The van der Waals surface area contributed by atoms with E-state index in [0.29, 0.717) is 5.75 Å². The smallest absolute Gasteiger partial charge is 0.242 e. The molecule has 2 aromatic rings. The first kappa shape index (κ1) is 14.8. The summed E-state index contributed by atoms with van der Waals surface area (Å²) in [5.41, 5.74) is 0.806. The van der Waals surface area contributed by atoms with Crippen LogP contribution in [0.1, 0.15) is 5.56 Å². The van der Waals surface area contributed by atoms with Crippen molar-refractivity contribution in [1.82, 2.24) is 4.72 Å². The van der Waals surface area contributed by atoms with Crippen LogP contribution in [0.4, 0.5) is 0 Å². The molecule has 2 rings (SSSR count). The standard InChI is InChI=1S/C14H14ClNO3S/c1-19-12-6-4-5-11(9-12)10-16-20(17,18)14-8-3-2-7-13(14)15/h2-9,16H,10H2,1H3. The number of methoxy groups -OCH3 is 1.